The standard InChI is InChI=1S/C18H19N3O4/c1-12(22)20-10-17(24)21-5-6-25-18-15(11-21)7-14(8-16(18)23)13-3-2-4-19-9-13/h2-4,7-9,23H,5-6,10-11H2,1H3,(H,20,22). The van der Waals surface area contributed by atoms with Gasteiger partial charge in [0.1, 0.15) is 6.61 Å². The predicted molar refractivity (Wildman–Crippen MR) is 90.9 cm³/mol. The first-order valence-electron chi connectivity index (χ1n) is 7.96. The van der Waals surface area contributed by atoms with E-state index in [0.717, 1.165) is 11.1 Å². The van der Waals surface area contributed by atoms with E-state index in [1.165, 1.54) is 6.92 Å². The highest BCUT2D eigenvalue weighted by molar-refractivity contribution is 5.84. The second-order valence-electron chi connectivity index (χ2n) is 5.80. The number of phenolic OH excluding ortho intramolecular Hbond substituents is 1. The van der Waals surface area contributed by atoms with Crippen LogP contribution in [0.4, 0.5) is 0 Å². The Kier molecular flexibility index (Phi) is 4.83. The van der Waals surface area contributed by atoms with Crippen molar-refractivity contribution in [2.45, 2.75) is 13.5 Å². The van der Waals surface area contributed by atoms with Gasteiger partial charge in [-0.15, -0.1) is 0 Å². The summed E-state index contributed by atoms with van der Waals surface area (Å²) in [6.07, 6.45) is 3.39. The average molecular weight is 341 g/mol. The number of nitrogens with zero attached hydrogens (tertiary/aromatic N) is 2. The Morgan fingerprint density at radius 2 is 2.20 bits per heavy atom. The lowest BCUT2D eigenvalue weighted by Gasteiger charge is -2.20. The predicted octanol–water partition coefficient (Wildman–Crippen LogP) is 1.31. The van der Waals surface area contributed by atoms with Gasteiger partial charge in [0, 0.05) is 37.0 Å². The SMILES string of the molecule is CC(=O)NCC(=O)N1CCOc2c(O)cc(-c3cccnc3)cc2C1. The van der Waals surface area contributed by atoms with E-state index in [1.54, 1.807) is 23.4 Å². The summed E-state index contributed by atoms with van der Waals surface area (Å²) in [7, 11) is 0. The molecule has 2 N–H and O–H groups in total. The lowest BCUT2D eigenvalue weighted by atomic mass is 10.0. The Labute approximate surface area is 145 Å². The molecule has 0 spiro atoms. The van der Waals surface area contributed by atoms with E-state index < -0.39 is 0 Å². The molecule has 2 aromatic rings. The number of carbonyl (C=O) groups is 2. The van der Waals surface area contributed by atoms with Crippen LogP contribution in [0.15, 0.2) is 36.7 Å². The molecule has 3 rings (SSSR count). The molecule has 0 saturated carbocycles. The lowest BCUT2D eigenvalue weighted by molar-refractivity contribution is -0.133. The van der Waals surface area contributed by atoms with Crippen molar-refractivity contribution in [3.8, 4) is 22.6 Å². The number of pyridine rings is 1. The van der Waals surface area contributed by atoms with E-state index in [2.05, 4.69) is 10.3 Å². The number of hydrogen-bond acceptors (Lipinski definition) is 5. The number of benzene rings is 1. The van der Waals surface area contributed by atoms with E-state index in [9.17, 15) is 14.7 Å². The van der Waals surface area contributed by atoms with Gasteiger partial charge in [-0.2, -0.15) is 0 Å². The molecule has 0 unspecified atom stereocenters. The molecule has 1 aromatic heterocycles. The van der Waals surface area contributed by atoms with Gasteiger partial charge < -0.3 is 20.1 Å². The van der Waals surface area contributed by atoms with E-state index in [0.29, 0.717) is 24.4 Å². The van der Waals surface area contributed by atoms with Gasteiger partial charge in [-0.25, -0.2) is 0 Å². The quantitative estimate of drug-likeness (QED) is 0.878. The second-order valence-corrected chi connectivity index (χ2v) is 5.80. The first-order chi connectivity index (χ1) is 12.0. The van der Waals surface area contributed by atoms with Crippen molar-refractivity contribution >= 4 is 11.8 Å². The van der Waals surface area contributed by atoms with Crippen molar-refractivity contribution in [3.05, 3.63) is 42.2 Å². The van der Waals surface area contributed by atoms with Gasteiger partial charge in [0.2, 0.25) is 11.8 Å². The zero-order chi connectivity index (χ0) is 17.8. The number of phenols is 1. The normalized spacial score (nSPS) is 13.4. The van der Waals surface area contributed by atoms with Crippen LogP contribution in [-0.2, 0) is 16.1 Å². The van der Waals surface area contributed by atoms with Crippen LogP contribution in [0, 0.1) is 0 Å². The van der Waals surface area contributed by atoms with Gasteiger partial charge in [0.25, 0.3) is 0 Å². The third kappa shape index (κ3) is 3.88. The Morgan fingerprint density at radius 1 is 1.36 bits per heavy atom. The highest BCUT2D eigenvalue weighted by atomic mass is 16.5. The van der Waals surface area contributed by atoms with E-state index in [-0.39, 0.29) is 30.7 Å². The number of rotatable bonds is 3. The van der Waals surface area contributed by atoms with E-state index >= 15 is 0 Å². The van der Waals surface area contributed by atoms with Crippen molar-refractivity contribution in [2.75, 3.05) is 19.7 Å². The Morgan fingerprint density at radius 3 is 2.92 bits per heavy atom. The van der Waals surface area contributed by atoms with Crippen molar-refractivity contribution in [1.29, 1.82) is 0 Å². The molecule has 7 heteroatoms. The van der Waals surface area contributed by atoms with Crippen LogP contribution in [0.25, 0.3) is 11.1 Å². The van der Waals surface area contributed by atoms with Crippen molar-refractivity contribution in [2.24, 2.45) is 0 Å². The summed E-state index contributed by atoms with van der Waals surface area (Å²) < 4.78 is 5.63. The number of hydrogen-bond donors (Lipinski definition) is 2. The first-order valence-corrected chi connectivity index (χ1v) is 7.96. The van der Waals surface area contributed by atoms with E-state index in [4.69, 9.17) is 4.74 Å². The maximum Gasteiger partial charge on any atom is 0.242 e. The maximum atomic E-state index is 12.3. The Bertz CT molecular complexity index is 792. The number of aromatic hydroxyl groups is 1. The van der Waals surface area contributed by atoms with Crippen LogP contribution >= 0.6 is 0 Å². The molecule has 25 heavy (non-hydrogen) atoms. The van der Waals surface area contributed by atoms with Gasteiger partial charge >= 0.3 is 0 Å². The molecule has 0 radical (unpaired) electrons. The van der Waals surface area contributed by atoms with E-state index in [1.807, 2.05) is 18.2 Å². The molecule has 2 heterocycles. The van der Waals surface area contributed by atoms with Crippen LogP contribution < -0.4 is 10.1 Å². The lowest BCUT2D eigenvalue weighted by Crippen LogP contribution is -2.40. The van der Waals surface area contributed by atoms with Gasteiger partial charge in [0.05, 0.1) is 13.1 Å². The molecule has 0 aliphatic carbocycles. The van der Waals surface area contributed by atoms with Gasteiger partial charge in [0.15, 0.2) is 11.5 Å². The third-order valence-electron chi connectivity index (χ3n) is 3.95. The summed E-state index contributed by atoms with van der Waals surface area (Å²) in [5, 5.41) is 12.8. The molecule has 2 amide bonds. The molecule has 0 saturated heterocycles. The largest absolute Gasteiger partial charge is 0.504 e. The highest BCUT2D eigenvalue weighted by Crippen LogP contribution is 2.37. The summed E-state index contributed by atoms with van der Waals surface area (Å²) >= 11 is 0. The zero-order valence-corrected chi connectivity index (χ0v) is 13.9. The van der Waals surface area contributed by atoms with Crippen LogP contribution in [0.1, 0.15) is 12.5 Å². The molecular formula is C18H19N3O4. The minimum Gasteiger partial charge on any atom is -0.504 e. The average Bonchev–Trinajstić information content (AvgIpc) is 2.83. The minimum atomic E-state index is -0.253. The molecule has 1 aliphatic rings. The number of aromatic nitrogens is 1. The molecule has 0 fully saturated rings. The summed E-state index contributed by atoms with van der Waals surface area (Å²) in [6, 6.07) is 7.23. The van der Waals surface area contributed by atoms with Crippen LogP contribution in [0.2, 0.25) is 0 Å². The van der Waals surface area contributed by atoms with Gasteiger partial charge in [-0.1, -0.05) is 6.07 Å². The summed E-state index contributed by atoms with van der Waals surface area (Å²) in [6.45, 7) is 2.27. The molecule has 130 valence electrons. The van der Waals surface area contributed by atoms with Crippen molar-refractivity contribution in [3.63, 3.8) is 0 Å². The molecule has 1 aliphatic heterocycles. The monoisotopic (exact) mass is 341 g/mol. The summed E-state index contributed by atoms with van der Waals surface area (Å²) in [4.78, 5) is 29.0. The van der Waals surface area contributed by atoms with Crippen LogP contribution in [0.5, 0.6) is 11.5 Å². The Hall–Kier alpha value is -3.09. The van der Waals surface area contributed by atoms with Crippen molar-refractivity contribution in [1.82, 2.24) is 15.2 Å². The second kappa shape index (κ2) is 7.21. The molecule has 0 atom stereocenters. The number of fused-ring (bicyclic) bond motifs is 1. The first kappa shape index (κ1) is 16.8. The zero-order valence-electron chi connectivity index (χ0n) is 13.9. The van der Waals surface area contributed by atoms with Gasteiger partial charge in [-0.05, 0) is 23.8 Å². The number of ether oxygens (including phenoxy) is 1. The summed E-state index contributed by atoms with van der Waals surface area (Å²) in [5.41, 5.74) is 2.37. The fourth-order valence-electron chi connectivity index (χ4n) is 2.72. The number of nitrogens with one attached hydrogen (secondary N) is 1. The number of carbonyl (C=O) groups excluding carboxylic acids is 2. The Balaban J connectivity index is 1.88. The fourth-order valence-corrected chi connectivity index (χ4v) is 2.72. The van der Waals surface area contributed by atoms with Crippen LogP contribution in [0.3, 0.4) is 0 Å². The fraction of sp³-hybridized carbons (Fsp3) is 0.278. The minimum absolute atomic E-state index is 0.0347. The highest BCUT2D eigenvalue weighted by Gasteiger charge is 2.23. The molecular weight excluding hydrogens is 322 g/mol. The topological polar surface area (TPSA) is 91.8 Å². The number of amides is 2. The summed E-state index contributed by atoms with van der Waals surface area (Å²) in [5.74, 6) is -0.0239. The van der Waals surface area contributed by atoms with Crippen LogP contribution in [-0.4, -0.2) is 46.5 Å². The van der Waals surface area contributed by atoms with Crippen molar-refractivity contribution < 1.29 is 19.4 Å². The maximum absolute atomic E-state index is 12.3. The third-order valence-corrected chi connectivity index (χ3v) is 3.95. The molecule has 7 nitrogen and oxygen atoms in total. The molecule has 1 aromatic carbocycles. The molecule has 0 bridgehead atoms. The van der Waals surface area contributed by atoms with Gasteiger partial charge in [-0.3, -0.25) is 14.6 Å². The smallest absolute Gasteiger partial charge is 0.242 e.